The molecule has 11 nitrogen and oxygen atoms in total. The van der Waals surface area contributed by atoms with Crippen molar-refractivity contribution in [1.82, 2.24) is 10.3 Å². The zero-order valence-electron chi connectivity index (χ0n) is 20.8. The summed E-state index contributed by atoms with van der Waals surface area (Å²) in [4.78, 5) is 17.6. The second-order valence-electron chi connectivity index (χ2n) is 8.39. The van der Waals surface area contributed by atoms with Gasteiger partial charge in [-0.3, -0.25) is 9.52 Å². The third-order valence-electron chi connectivity index (χ3n) is 5.76. The molecule has 0 saturated heterocycles. The fourth-order valence-corrected chi connectivity index (χ4v) is 4.45. The molecule has 1 aromatic heterocycles. The van der Waals surface area contributed by atoms with E-state index in [1.807, 2.05) is 24.3 Å². The van der Waals surface area contributed by atoms with Crippen molar-refractivity contribution in [3.8, 4) is 11.5 Å². The number of ether oxygens (including phenoxy) is 2. The molecule has 38 heavy (non-hydrogen) atoms. The van der Waals surface area contributed by atoms with Crippen LogP contribution < -0.4 is 35.7 Å². The summed E-state index contributed by atoms with van der Waals surface area (Å²) >= 11 is 0. The zero-order chi connectivity index (χ0) is 27.3. The molecule has 1 unspecified atom stereocenters. The topological polar surface area (TPSA) is 171 Å². The lowest BCUT2D eigenvalue weighted by Gasteiger charge is -2.22. The lowest BCUT2D eigenvalue weighted by atomic mass is 10.0. The molecule has 4 rings (SSSR count). The Morgan fingerprint density at radius 3 is 2.50 bits per heavy atom. The van der Waals surface area contributed by atoms with Crippen LogP contribution in [0.15, 0.2) is 72.9 Å². The third-order valence-corrected chi connectivity index (χ3v) is 6.28. The van der Waals surface area contributed by atoms with Gasteiger partial charge in [0.25, 0.3) is 10.2 Å². The van der Waals surface area contributed by atoms with Gasteiger partial charge in [-0.2, -0.15) is 8.42 Å². The highest BCUT2D eigenvalue weighted by molar-refractivity contribution is 7.90. The second-order valence-corrected chi connectivity index (χ2v) is 9.68. The summed E-state index contributed by atoms with van der Waals surface area (Å²) in [6, 6.07) is 18.4. The minimum absolute atomic E-state index is 0.143. The number of methoxy groups -OCH3 is 2. The number of amides is 1. The van der Waals surface area contributed by atoms with Gasteiger partial charge in [-0.1, -0.05) is 18.2 Å². The number of hydrogen-bond donors (Lipinski definition) is 5. The predicted octanol–water partition coefficient (Wildman–Crippen LogP) is 2.92. The number of anilines is 3. The molecular weight excluding hydrogens is 508 g/mol. The first-order valence-corrected chi connectivity index (χ1v) is 13.0. The van der Waals surface area contributed by atoms with Crippen molar-refractivity contribution in [2.24, 2.45) is 5.14 Å². The largest absolute Gasteiger partial charge is 0.493 e. The Morgan fingerprint density at radius 1 is 0.974 bits per heavy atom. The normalized spacial score (nSPS) is 12.0. The highest BCUT2D eigenvalue weighted by Crippen LogP contribution is 2.32. The molecule has 0 bridgehead atoms. The van der Waals surface area contributed by atoms with E-state index in [-0.39, 0.29) is 12.5 Å². The molecule has 0 aliphatic carbocycles. The summed E-state index contributed by atoms with van der Waals surface area (Å²) in [6.45, 7) is 0.143. The Bertz CT molecular complexity index is 1580. The Kier molecular flexibility index (Phi) is 7.84. The van der Waals surface area contributed by atoms with E-state index in [0.29, 0.717) is 39.8 Å². The summed E-state index contributed by atoms with van der Waals surface area (Å²) < 4.78 is 35.7. The van der Waals surface area contributed by atoms with E-state index in [2.05, 4.69) is 20.3 Å². The number of carbonyl (C=O) groups excluding carboxylic acids is 1. The van der Waals surface area contributed by atoms with Crippen LogP contribution in [0.1, 0.15) is 17.2 Å². The van der Waals surface area contributed by atoms with E-state index in [9.17, 15) is 13.2 Å². The van der Waals surface area contributed by atoms with E-state index in [4.69, 9.17) is 20.3 Å². The first-order chi connectivity index (χ1) is 18.2. The fraction of sp³-hybridized carbons (Fsp3) is 0.154. The molecule has 4 aromatic rings. The Morgan fingerprint density at radius 2 is 1.76 bits per heavy atom. The summed E-state index contributed by atoms with van der Waals surface area (Å²) in [5, 5.41) is 12.9. The molecule has 0 aliphatic heterocycles. The summed E-state index contributed by atoms with van der Waals surface area (Å²) in [6.07, 6.45) is 1.62. The van der Waals surface area contributed by atoms with E-state index < -0.39 is 16.3 Å². The number of hydrogen-bond acceptors (Lipinski definition) is 8. The Balaban J connectivity index is 1.62. The van der Waals surface area contributed by atoms with Gasteiger partial charge in [0.05, 0.1) is 19.9 Å². The number of aromatic nitrogens is 1. The smallest absolute Gasteiger partial charge is 0.296 e. The number of benzene rings is 3. The lowest BCUT2D eigenvalue weighted by molar-refractivity contribution is -0.122. The van der Waals surface area contributed by atoms with Crippen LogP contribution in [0, 0.1) is 0 Å². The molecule has 0 spiro atoms. The molecule has 0 aliphatic rings. The first-order valence-electron chi connectivity index (χ1n) is 11.5. The van der Waals surface area contributed by atoms with Crippen LogP contribution in [0.3, 0.4) is 0 Å². The minimum Gasteiger partial charge on any atom is -0.493 e. The monoisotopic (exact) mass is 536 g/mol. The maximum atomic E-state index is 13.5. The summed E-state index contributed by atoms with van der Waals surface area (Å²) in [7, 11) is -0.863. The molecule has 0 fully saturated rings. The van der Waals surface area contributed by atoms with Gasteiger partial charge in [-0.05, 0) is 65.0 Å². The third kappa shape index (κ3) is 6.41. The first kappa shape index (κ1) is 26.5. The van der Waals surface area contributed by atoms with Crippen LogP contribution in [-0.4, -0.2) is 33.5 Å². The van der Waals surface area contributed by atoms with Crippen molar-refractivity contribution >= 4 is 44.1 Å². The standard InChI is InChI=1S/C26H28N6O5S/c1-36-22-9-6-18(14-23(22)37-2)24(31-19-7-8-21-17(13-19)10-11-29-25(21)27)26(33)30-15-16-4-3-5-20(12-16)32-38(28,34)35/h3-14,24,31-32H,15H2,1-2H3,(H2,27,29)(H,30,33)(H2,28,34,35). The van der Waals surface area contributed by atoms with Crippen molar-refractivity contribution in [1.29, 1.82) is 0 Å². The number of nitrogens with one attached hydrogen (secondary N) is 3. The SMILES string of the molecule is COc1ccc(C(Nc2ccc3c(N)nccc3c2)C(=O)NCc2cccc(NS(N)(=O)=O)c2)cc1OC. The van der Waals surface area contributed by atoms with Gasteiger partial charge in [0.1, 0.15) is 11.9 Å². The molecule has 0 radical (unpaired) electrons. The van der Waals surface area contributed by atoms with Crippen molar-refractivity contribution in [2.45, 2.75) is 12.6 Å². The number of fused-ring (bicyclic) bond motifs is 1. The number of nitrogen functional groups attached to an aromatic ring is 1. The van der Waals surface area contributed by atoms with Crippen LogP contribution in [-0.2, 0) is 21.5 Å². The van der Waals surface area contributed by atoms with Gasteiger partial charge in [0.2, 0.25) is 5.91 Å². The Hall–Kier alpha value is -4.55. The fourth-order valence-electron chi connectivity index (χ4n) is 3.99. The van der Waals surface area contributed by atoms with Crippen LogP contribution in [0.2, 0.25) is 0 Å². The maximum Gasteiger partial charge on any atom is 0.296 e. The molecule has 3 aromatic carbocycles. The van der Waals surface area contributed by atoms with Crippen LogP contribution in [0.5, 0.6) is 11.5 Å². The highest BCUT2D eigenvalue weighted by Gasteiger charge is 2.22. The van der Waals surface area contributed by atoms with E-state index in [0.717, 1.165) is 10.8 Å². The number of pyridine rings is 1. The molecule has 198 valence electrons. The van der Waals surface area contributed by atoms with Crippen LogP contribution >= 0.6 is 0 Å². The Labute approximate surface area is 220 Å². The van der Waals surface area contributed by atoms with Gasteiger partial charge in [-0.15, -0.1) is 0 Å². The molecular formula is C26H28N6O5S. The van der Waals surface area contributed by atoms with Crippen LogP contribution in [0.4, 0.5) is 17.2 Å². The van der Waals surface area contributed by atoms with Gasteiger partial charge in [0, 0.05) is 23.8 Å². The maximum absolute atomic E-state index is 13.5. The summed E-state index contributed by atoms with van der Waals surface area (Å²) in [5.74, 6) is 1.10. The van der Waals surface area contributed by atoms with Gasteiger partial charge in [-0.25, -0.2) is 10.1 Å². The molecule has 1 atom stereocenters. The average Bonchev–Trinajstić information content (AvgIpc) is 2.89. The van der Waals surface area contributed by atoms with E-state index >= 15 is 0 Å². The van der Waals surface area contributed by atoms with Gasteiger partial charge < -0.3 is 25.8 Å². The lowest BCUT2D eigenvalue weighted by Crippen LogP contribution is -2.33. The van der Waals surface area contributed by atoms with E-state index in [1.165, 1.54) is 14.2 Å². The average molecular weight is 537 g/mol. The molecule has 1 amide bonds. The summed E-state index contributed by atoms with van der Waals surface area (Å²) in [5.41, 5.74) is 8.27. The molecule has 1 heterocycles. The number of rotatable bonds is 10. The predicted molar refractivity (Wildman–Crippen MR) is 147 cm³/mol. The van der Waals surface area contributed by atoms with Gasteiger partial charge in [0.15, 0.2) is 11.5 Å². The quantitative estimate of drug-likeness (QED) is 0.206. The van der Waals surface area contributed by atoms with Crippen molar-refractivity contribution < 1.29 is 22.7 Å². The second kappa shape index (κ2) is 11.2. The highest BCUT2D eigenvalue weighted by atomic mass is 32.2. The van der Waals surface area contributed by atoms with Crippen molar-refractivity contribution in [3.05, 3.63) is 84.1 Å². The molecule has 12 heteroatoms. The molecule has 7 N–H and O–H groups in total. The van der Waals surface area contributed by atoms with Crippen LogP contribution in [0.25, 0.3) is 10.8 Å². The number of carbonyl (C=O) groups is 1. The van der Waals surface area contributed by atoms with Gasteiger partial charge >= 0.3 is 0 Å². The number of nitrogens with two attached hydrogens (primary N) is 2. The zero-order valence-corrected chi connectivity index (χ0v) is 21.6. The van der Waals surface area contributed by atoms with Crippen molar-refractivity contribution in [2.75, 3.05) is 30.0 Å². The minimum atomic E-state index is -3.92. The van der Waals surface area contributed by atoms with E-state index in [1.54, 1.807) is 48.7 Å². The number of nitrogens with zero attached hydrogens (tertiary/aromatic N) is 1. The molecule has 0 saturated carbocycles. The van der Waals surface area contributed by atoms with Crippen molar-refractivity contribution in [3.63, 3.8) is 0 Å².